The second-order valence-corrected chi connectivity index (χ2v) is 7.73. The maximum Gasteiger partial charge on any atom is 0.339 e. The minimum atomic E-state index is -3.91. The van der Waals surface area contributed by atoms with Gasteiger partial charge in [-0.2, -0.15) is 13.5 Å². The van der Waals surface area contributed by atoms with E-state index < -0.39 is 16.0 Å². The second-order valence-electron chi connectivity index (χ2n) is 6.19. The third-order valence-electron chi connectivity index (χ3n) is 4.14. The predicted octanol–water partition coefficient (Wildman–Crippen LogP) is 3.24. The Kier molecular flexibility index (Phi) is 6.88. The Labute approximate surface area is 180 Å². The first-order chi connectivity index (χ1) is 14.9. The molecule has 0 heterocycles. The highest BCUT2D eigenvalue weighted by molar-refractivity contribution is 7.87. The van der Waals surface area contributed by atoms with Crippen molar-refractivity contribution in [1.82, 2.24) is 5.43 Å². The zero-order valence-corrected chi connectivity index (χ0v) is 17.6. The number of rotatable bonds is 8. The van der Waals surface area contributed by atoms with Crippen LogP contribution in [-0.2, 0) is 10.1 Å². The number of nitrogens with zero attached hydrogens (tertiary/aromatic N) is 1. The number of carbonyl (C=O) groups excluding carboxylic acids is 1. The minimum Gasteiger partial charge on any atom is -0.493 e. The third kappa shape index (κ3) is 5.61. The van der Waals surface area contributed by atoms with Crippen molar-refractivity contribution in [2.24, 2.45) is 5.10 Å². The van der Waals surface area contributed by atoms with E-state index in [0.29, 0.717) is 22.6 Å². The van der Waals surface area contributed by atoms with Crippen molar-refractivity contribution >= 4 is 22.2 Å². The number of hydrogen-bond donors (Lipinski definition) is 1. The van der Waals surface area contributed by atoms with E-state index in [9.17, 15) is 13.2 Å². The number of methoxy groups -OCH3 is 2. The molecule has 3 rings (SSSR count). The first kappa shape index (κ1) is 21.8. The van der Waals surface area contributed by atoms with Crippen LogP contribution in [0.15, 0.2) is 82.8 Å². The lowest BCUT2D eigenvalue weighted by molar-refractivity contribution is 0.0954. The highest BCUT2D eigenvalue weighted by atomic mass is 32.2. The molecule has 0 aliphatic heterocycles. The van der Waals surface area contributed by atoms with Crippen molar-refractivity contribution in [1.29, 1.82) is 0 Å². The Morgan fingerprint density at radius 2 is 1.58 bits per heavy atom. The predicted molar refractivity (Wildman–Crippen MR) is 115 cm³/mol. The van der Waals surface area contributed by atoms with Crippen LogP contribution in [0.25, 0.3) is 0 Å². The molecule has 1 amide bonds. The molecule has 0 bridgehead atoms. The summed E-state index contributed by atoms with van der Waals surface area (Å²) in [6.45, 7) is 0. The van der Waals surface area contributed by atoms with Crippen LogP contribution in [0.4, 0.5) is 0 Å². The summed E-state index contributed by atoms with van der Waals surface area (Å²) in [6, 6.07) is 18.8. The lowest BCUT2D eigenvalue weighted by Crippen LogP contribution is -2.17. The molecule has 31 heavy (non-hydrogen) atoms. The summed E-state index contributed by atoms with van der Waals surface area (Å²) in [7, 11) is -0.914. The van der Waals surface area contributed by atoms with E-state index in [2.05, 4.69) is 10.5 Å². The van der Waals surface area contributed by atoms with Gasteiger partial charge in [-0.15, -0.1) is 0 Å². The minimum absolute atomic E-state index is 0.0681. The van der Waals surface area contributed by atoms with Crippen molar-refractivity contribution in [3.8, 4) is 17.2 Å². The molecule has 3 aromatic rings. The first-order valence-electron chi connectivity index (χ1n) is 9.08. The van der Waals surface area contributed by atoms with Gasteiger partial charge in [-0.25, -0.2) is 5.43 Å². The average molecular weight is 440 g/mol. The van der Waals surface area contributed by atoms with E-state index in [1.165, 1.54) is 44.7 Å². The quantitative estimate of drug-likeness (QED) is 0.328. The lowest BCUT2D eigenvalue weighted by atomic mass is 10.2. The molecule has 0 spiro atoms. The van der Waals surface area contributed by atoms with Crippen LogP contribution >= 0.6 is 0 Å². The molecule has 9 heteroatoms. The van der Waals surface area contributed by atoms with Crippen LogP contribution in [0.2, 0.25) is 0 Å². The van der Waals surface area contributed by atoms with E-state index >= 15 is 0 Å². The smallest absolute Gasteiger partial charge is 0.339 e. The van der Waals surface area contributed by atoms with Gasteiger partial charge in [-0.3, -0.25) is 4.79 Å². The Bertz CT molecular complexity index is 1180. The average Bonchev–Trinajstić information content (AvgIpc) is 2.80. The Morgan fingerprint density at radius 3 is 2.23 bits per heavy atom. The van der Waals surface area contributed by atoms with Crippen LogP contribution in [0.3, 0.4) is 0 Å². The topological polar surface area (TPSA) is 103 Å². The van der Waals surface area contributed by atoms with Gasteiger partial charge in [0.25, 0.3) is 5.91 Å². The van der Waals surface area contributed by atoms with Gasteiger partial charge in [0.05, 0.1) is 20.4 Å². The molecular formula is C22H20N2O6S. The summed E-state index contributed by atoms with van der Waals surface area (Å²) in [4.78, 5) is 12.3. The monoisotopic (exact) mass is 440 g/mol. The van der Waals surface area contributed by atoms with Crippen molar-refractivity contribution in [3.05, 3.63) is 83.9 Å². The van der Waals surface area contributed by atoms with Crippen molar-refractivity contribution in [2.45, 2.75) is 4.90 Å². The lowest BCUT2D eigenvalue weighted by Gasteiger charge is -2.08. The number of ether oxygens (including phenoxy) is 2. The van der Waals surface area contributed by atoms with Crippen molar-refractivity contribution < 1.29 is 26.9 Å². The van der Waals surface area contributed by atoms with Crippen LogP contribution in [0, 0.1) is 0 Å². The molecule has 3 aromatic carbocycles. The standard InChI is InChI=1S/C22H20N2O6S/c1-28-20-13-10-17(14-21(20)29-2)22(25)24-23-15-16-8-11-18(12-9-16)30-31(26,27)19-6-4-3-5-7-19/h3-15H,1-2H3,(H,24,25)/b23-15+. The number of hydrogen-bond acceptors (Lipinski definition) is 7. The summed E-state index contributed by atoms with van der Waals surface area (Å²) in [5.41, 5.74) is 3.41. The molecule has 160 valence electrons. The first-order valence-corrected chi connectivity index (χ1v) is 10.5. The summed E-state index contributed by atoms with van der Waals surface area (Å²) in [6.07, 6.45) is 1.42. The maximum atomic E-state index is 12.2. The number of amides is 1. The summed E-state index contributed by atoms with van der Waals surface area (Å²) in [5, 5.41) is 3.91. The Hall–Kier alpha value is -3.85. The molecule has 1 N–H and O–H groups in total. The fourth-order valence-corrected chi connectivity index (χ4v) is 3.53. The summed E-state index contributed by atoms with van der Waals surface area (Å²) >= 11 is 0. The van der Waals surface area contributed by atoms with Gasteiger partial charge in [0, 0.05) is 5.56 Å². The van der Waals surface area contributed by atoms with E-state index in [0.717, 1.165) is 0 Å². The molecule has 0 atom stereocenters. The number of hydrazone groups is 1. The van der Waals surface area contributed by atoms with Gasteiger partial charge in [0.1, 0.15) is 10.6 Å². The van der Waals surface area contributed by atoms with Crippen LogP contribution in [0.1, 0.15) is 15.9 Å². The fraction of sp³-hybridized carbons (Fsp3) is 0.0909. The van der Waals surface area contributed by atoms with E-state index in [-0.39, 0.29) is 10.6 Å². The molecule has 0 fully saturated rings. The van der Waals surface area contributed by atoms with Gasteiger partial charge in [0.2, 0.25) is 0 Å². The van der Waals surface area contributed by atoms with Crippen molar-refractivity contribution in [3.63, 3.8) is 0 Å². The van der Waals surface area contributed by atoms with Crippen LogP contribution in [-0.4, -0.2) is 34.8 Å². The molecule has 0 radical (unpaired) electrons. The highest BCUT2D eigenvalue weighted by Gasteiger charge is 2.15. The third-order valence-corrected chi connectivity index (χ3v) is 5.40. The zero-order chi connectivity index (χ0) is 22.3. The summed E-state index contributed by atoms with van der Waals surface area (Å²) < 4.78 is 39.9. The number of benzene rings is 3. The molecular weight excluding hydrogens is 420 g/mol. The molecule has 8 nitrogen and oxygen atoms in total. The van der Waals surface area contributed by atoms with Crippen LogP contribution in [0.5, 0.6) is 17.2 Å². The summed E-state index contributed by atoms with van der Waals surface area (Å²) in [5.74, 6) is 0.681. The number of carbonyl (C=O) groups is 1. The van der Waals surface area contributed by atoms with Gasteiger partial charge in [0.15, 0.2) is 11.5 Å². The molecule has 0 aromatic heterocycles. The zero-order valence-electron chi connectivity index (χ0n) is 16.8. The molecule has 0 saturated carbocycles. The van der Waals surface area contributed by atoms with E-state index in [1.54, 1.807) is 48.5 Å². The van der Waals surface area contributed by atoms with E-state index in [4.69, 9.17) is 13.7 Å². The SMILES string of the molecule is COc1ccc(C(=O)N/N=C/c2ccc(OS(=O)(=O)c3ccccc3)cc2)cc1OC. The molecule has 0 saturated heterocycles. The highest BCUT2D eigenvalue weighted by Crippen LogP contribution is 2.27. The Morgan fingerprint density at radius 1 is 0.903 bits per heavy atom. The molecule has 0 aliphatic rings. The van der Waals surface area contributed by atoms with Gasteiger partial charge < -0.3 is 13.7 Å². The second kappa shape index (κ2) is 9.77. The largest absolute Gasteiger partial charge is 0.493 e. The normalized spacial score (nSPS) is 11.2. The molecule has 0 unspecified atom stereocenters. The van der Waals surface area contributed by atoms with Gasteiger partial charge in [-0.1, -0.05) is 18.2 Å². The van der Waals surface area contributed by atoms with Crippen molar-refractivity contribution in [2.75, 3.05) is 14.2 Å². The van der Waals surface area contributed by atoms with Gasteiger partial charge in [-0.05, 0) is 60.2 Å². The van der Waals surface area contributed by atoms with E-state index in [1.807, 2.05) is 0 Å². The molecule has 0 aliphatic carbocycles. The fourth-order valence-electron chi connectivity index (χ4n) is 2.58. The van der Waals surface area contributed by atoms with Gasteiger partial charge >= 0.3 is 10.1 Å². The number of nitrogens with one attached hydrogen (secondary N) is 1. The Balaban J connectivity index is 1.61. The van der Waals surface area contributed by atoms with Crippen LogP contribution < -0.4 is 19.1 Å². The maximum absolute atomic E-state index is 12.2.